The molecule has 1 heterocycles. The summed E-state index contributed by atoms with van der Waals surface area (Å²) in [5.74, 6) is 2.58. The van der Waals surface area contributed by atoms with E-state index in [-0.39, 0.29) is 0 Å². The molecule has 3 rings (SSSR count). The van der Waals surface area contributed by atoms with Crippen molar-refractivity contribution in [1.82, 2.24) is 5.32 Å². The van der Waals surface area contributed by atoms with Gasteiger partial charge in [-0.2, -0.15) is 0 Å². The van der Waals surface area contributed by atoms with Crippen LogP contribution in [0.3, 0.4) is 0 Å². The number of hydrogen-bond acceptors (Lipinski definition) is 2. The summed E-state index contributed by atoms with van der Waals surface area (Å²) < 4.78 is 5.99. The number of ether oxygens (including phenoxy) is 1. The first-order valence-corrected chi connectivity index (χ1v) is 6.86. The third-order valence-electron chi connectivity index (χ3n) is 3.83. The van der Waals surface area contributed by atoms with Gasteiger partial charge >= 0.3 is 0 Å². The van der Waals surface area contributed by atoms with Crippen LogP contribution >= 0.6 is 0 Å². The molecule has 0 radical (unpaired) electrons. The van der Waals surface area contributed by atoms with E-state index in [4.69, 9.17) is 4.74 Å². The normalized spacial score (nSPS) is 24.6. The maximum absolute atomic E-state index is 5.99. The lowest BCUT2D eigenvalue weighted by molar-refractivity contribution is 0.292. The minimum Gasteiger partial charge on any atom is -0.493 e. The fourth-order valence-corrected chi connectivity index (χ4v) is 2.56. The van der Waals surface area contributed by atoms with E-state index in [1.165, 1.54) is 37.8 Å². The van der Waals surface area contributed by atoms with Crippen LogP contribution in [0.2, 0.25) is 0 Å². The first-order chi connectivity index (χ1) is 8.43. The number of para-hydroxylation sites is 1. The monoisotopic (exact) mass is 231 g/mol. The molecular weight excluding hydrogens is 210 g/mol. The van der Waals surface area contributed by atoms with Gasteiger partial charge < -0.3 is 10.1 Å². The molecule has 1 aliphatic carbocycles. The van der Waals surface area contributed by atoms with Crippen LogP contribution in [0.15, 0.2) is 24.3 Å². The van der Waals surface area contributed by atoms with Crippen molar-refractivity contribution in [2.24, 2.45) is 5.92 Å². The topological polar surface area (TPSA) is 21.3 Å². The quantitative estimate of drug-likeness (QED) is 0.860. The minimum absolute atomic E-state index is 0.638. The molecule has 1 N–H and O–H groups in total. The van der Waals surface area contributed by atoms with Crippen LogP contribution in [0.25, 0.3) is 0 Å². The summed E-state index contributed by atoms with van der Waals surface area (Å²) in [5.41, 5.74) is 1.40. The van der Waals surface area contributed by atoms with Gasteiger partial charge in [-0.15, -0.1) is 0 Å². The summed E-state index contributed by atoms with van der Waals surface area (Å²) in [6, 6.07) is 8.59. The van der Waals surface area contributed by atoms with Crippen LogP contribution in [0.4, 0.5) is 0 Å². The zero-order valence-corrected chi connectivity index (χ0v) is 10.3. The van der Waals surface area contributed by atoms with Crippen molar-refractivity contribution in [3.8, 4) is 5.75 Å². The van der Waals surface area contributed by atoms with Crippen LogP contribution in [0, 0.1) is 5.92 Å². The van der Waals surface area contributed by atoms with E-state index in [9.17, 15) is 0 Å². The summed E-state index contributed by atoms with van der Waals surface area (Å²) >= 11 is 0. The minimum atomic E-state index is 0.638. The summed E-state index contributed by atoms with van der Waals surface area (Å²) in [4.78, 5) is 0. The van der Waals surface area contributed by atoms with Crippen molar-refractivity contribution < 1.29 is 4.74 Å². The Morgan fingerprint density at radius 2 is 2.06 bits per heavy atom. The number of rotatable bonds is 4. The highest BCUT2D eigenvalue weighted by Crippen LogP contribution is 2.34. The van der Waals surface area contributed by atoms with E-state index in [2.05, 4.69) is 29.6 Å². The van der Waals surface area contributed by atoms with Gasteiger partial charge in [0.25, 0.3) is 0 Å². The molecule has 0 spiro atoms. The van der Waals surface area contributed by atoms with Gasteiger partial charge in [0, 0.05) is 12.5 Å². The van der Waals surface area contributed by atoms with Gasteiger partial charge in [-0.1, -0.05) is 18.2 Å². The third-order valence-corrected chi connectivity index (χ3v) is 3.83. The molecule has 0 amide bonds. The Balaban J connectivity index is 1.71. The SMILES string of the molecule is c1ccc(C2CCCNC2)c(OCC2CC2)c1. The second-order valence-corrected chi connectivity index (χ2v) is 5.34. The molecule has 2 aliphatic rings. The highest BCUT2D eigenvalue weighted by atomic mass is 16.5. The molecule has 1 aromatic carbocycles. The Morgan fingerprint density at radius 3 is 2.82 bits per heavy atom. The molecule has 0 aromatic heterocycles. The van der Waals surface area contributed by atoms with Crippen LogP contribution in [0.5, 0.6) is 5.75 Å². The van der Waals surface area contributed by atoms with E-state index in [0.29, 0.717) is 5.92 Å². The molecule has 1 unspecified atom stereocenters. The molecule has 92 valence electrons. The summed E-state index contributed by atoms with van der Waals surface area (Å²) in [5, 5.41) is 3.48. The van der Waals surface area contributed by atoms with Gasteiger partial charge in [-0.3, -0.25) is 0 Å². The molecule has 0 bridgehead atoms. The maximum atomic E-state index is 5.99. The largest absolute Gasteiger partial charge is 0.493 e. The zero-order valence-electron chi connectivity index (χ0n) is 10.3. The molecule has 1 atom stereocenters. The number of benzene rings is 1. The molecule has 17 heavy (non-hydrogen) atoms. The van der Waals surface area contributed by atoms with Gasteiger partial charge in [-0.05, 0) is 49.8 Å². The highest BCUT2D eigenvalue weighted by Gasteiger charge is 2.23. The Morgan fingerprint density at radius 1 is 1.18 bits per heavy atom. The van der Waals surface area contributed by atoms with E-state index in [1.807, 2.05) is 0 Å². The molecule has 1 saturated carbocycles. The second-order valence-electron chi connectivity index (χ2n) is 5.34. The predicted octanol–water partition coefficient (Wildman–Crippen LogP) is 2.94. The molecule has 2 fully saturated rings. The number of nitrogens with one attached hydrogen (secondary N) is 1. The lowest BCUT2D eigenvalue weighted by Crippen LogP contribution is -2.28. The fraction of sp³-hybridized carbons (Fsp3) is 0.600. The van der Waals surface area contributed by atoms with Gasteiger partial charge in [0.1, 0.15) is 5.75 Å². The smallest absolute Gasteiger partial charge is 0.122 e. The van der Waals surface area contributed by atoms with E-state index < -0.39 is 0 Å². The Bertz CT molecular complexity index is 367. The van der Waals surface area contributed by atoms with Crippen molar-refractivity contribution in [1.29, 1.82) is 0 Å². The Hall–Kier alpha value is -1.02. The van der Waals surface area contributed by atoms with Gasteiger partial charge in [-0.25, -0.2) is 0 Å². The van der Waals surface area contributed by atoms with Crippen molar-refractivity contribution in [2.45, 2.75) is 31.6 Å². The Labute approximate surface area is 103 Å². The van der Waals surface area contributed by atoms with Gasteiger partial charge in [0.05, 0.1) is 6.61 Å². The fourth-order valence-electron chi connectivity index (χ4n) is 2.56. The summed E-state index contributed by atoms with van der Waals surface area (Å²) in [6.07, 6.45) is 5.28. The van der Waals surface area contributed by atoms with Crippen LogP contribution in [0.1, 0.15) is 37.2 Å². The van der Waals surface area contributed by atoms with E-state index in [1.54, 1.807) is 0 Å². The molecular formula is C15H21NO. The maximum Gasteiger partial charge on any atom is 0.122 e. The summed E-state index contributed by atoms with van der Waals surface area (Å²) in [6.45, 7) is 3.18. The predicted molar refractivity (Wildman–Crippen MR) is 69.5 cm³/mol. The average molecular weight is 231 g/mol. The van der Waals surface area contributed by atoms with Gasteiger partial charge in [0.15, 0.2) is 0 Å². The van der Waals surface area contributed by atoms with E-state index >= 15 is 0 Å². The first kappa shape index (κ1) is 11.1. The van der Waals surface area contributed by atoms with Crippen LogP contribution in [-0.2, 0) is 0 Å². The van der Waals surface area contributed by atoms with Crippen molar-refractivity contribution in [3.05, 3.63) is 29.8 Å². The lowest BCUT2D eigenvalue weighted by Gasteiger charge is -2.25. The molecule has 2 heteroatoms. The van der Waals surface area contributed by atoms with Crippen molar-refractivity contribution in [2.75, 3.05) is 19.7 Å². The molecule has 1 saturated heterocycles. The van der Waals surface area contributed by atoms with Crippen LogP contribution in [-0.4, -0.2) is 19.7 Å². The standard InChI is InChI=1S/C15H21NO/c1-2-6-15(17-11-12-7-8-12)14(5-1)13-4-3-9-16-10-13/h1-2,5-6,12-13,16H,3-4,7-11H2. The van der Waals surface area contributed by atoms with Crippen molar-refractivity contribution in [3.63, 3.8) is 0 Å². The lowest BCUT2D eigenvalue weighted by atomic mass is 9.91. The third kappa shape index (κ3) is 2.81. The van der Waals surface area contributed by atoms with Crippen LogP contribution < -0.4 is 10.1 Å². The van der Waals surface area contributed by atoms with E-state index in [0.717, 1.165) is 24.8 Å². The number of hydrogen-bond donors (Lipinski definition) is 1. The van der Waals surface area contributed by atoms with Gasteiger partial charge in [0.2, 0.25) is 0 Å². The molecule has 1 aromatic rings. The van der Waals surface area contributed by atoms with Crippen molar-refractivity contribution >= 4 is 0 Å². The number of piperidine rings is 1. The highest BCUT2D eigenvalue weighted by molar-refractivity contribution is 5.36. The summed E-state index contributed by atoms with van der Waals surface area (Å²) in [7, 11) is 0. The first-order valence-electron chi connectivity index (χ1n) is 6.86. The molecule has 2 nitrogen and oxygen atoms in total. The average Bonchev–Trinajstić information content (AvgIpc) is 3.22. The second kappa shape index (κ2) is 5.09. The molecule has 1 aliphatic heterocycles. The zero-order chi connectivity index (χ0) is 11.5. The Kier molecular flexibility index (Phi) is 3.32.